The summed E-state index contributed by atoms with van der Waals surface area (Å²) in [6.45, 7) is 8.85. The molecule has 25 heavy (non-hydrogen) atoms. The van der Waals surface area contributed by atoms with Gasteiger partial charge in [0, 0.05) is 11.6 Å². The van der Waals surface area contributed by atoms with E-state index >= 15 is 0 Å². The van der Waals surface area contributed by atoms with Gasteiger partial charge in [-0.3, -0.25) is 4.79 Å². The first-order chi connectivity index (χ1) is 11.8. The van der Waals surface area contributed by atoms with Gasteiger partial charge < -0.3 is 10.1 Å². The standard InChI is InChI=1S/C21H26ClNO2/c1-5-25-19-12-11-16(13-18(19)22)20(24)23-15(2)14-21(3,4)17-9-7-6-8-10-17/h6-13,15H,5,14H2,1-4H3,(H,23,24). The summed E-state index contributed by atoms with van der Waals surface area (Å²) in [7, 11) is 0. The van der Waals surface area contributed by atoms with Gasteiger partial charge in [-0.2, -0.15) is 0 Å². The summed E-state index contributed by atoms with van der Waals surface area (Å²) in [6.07, 6.45) is 0.841. The number of hydrogen-bond acceptors (Lipinski definition) is 2. The van der Waals surface area contributed by atoms with Gasteiger partial charge in [0.15, 0.2) is 0 Å². The van der Waals surface area contributed by atoms with Gasteiger partial charge in [0.05, 0.1) is 11.6 Å². The molecule has 2 aromatic carbocycles. The molecule has 134 valence electrons. The average Bonchev–Trinajstić information content (AvgIpc) is 2.57. The fourth-order valence-corrected chi connectivity index (χ4v) is 3.28. The van der Waals surface area contributed by atoms with Gasteiger partial charge in [0.25, 0.3) is 5.91 Å². The lowest BCUT2D eigenvalue weighted by Gasteiger charge is -2.29. The Morgan fingerprint density at radius 1 is 1.20 bits per heavy atom. The zero-order valence-corrected chi connectivity index (χ0v) is 16.1. The minimum Gasteiger partial charge on any atom is -0.492 e. The molecule has 1 atom stereocenters. The predicted molar refractivity (Wildman–Crippen MR) is 104 cm³/mol. The second-order valence-electron chi connectivity index (χ2n) is 6.91. The molecule has 0 aromatic heterocycles. The van der Waals surface area contributed by atoms with E-state index in [1.165, 1.54) is 5.56 Å². The van der Waals surface area contributed by atoms with Crippen LogP contribution in [-0.2, 0) is 5.41 Å². The maximum Gasteiger partial charge on any atom is 0.251 e. The van der Waals surface area contributed by atoms with E-state index in [2.05, 4.69) is 31.3 Å². The molecule has 0 saturated heterocycles. The molecule has 0 bridgehead atoms. The lowest BCUT2D eigenvalue weighted by atomic mass is 9.79. The molecular weight excluding hydrogens is 334 g/mol. The molecule has 0 radical (unpaired) electrons. The quantitative estimate of drug-likeness (QED) is 0.735. The van der Waals surface area contributed by atoms with Gasteiger partial charge in [-0.1, -0.05) is 55.8 Å². The molecule has 0 aliphatic carbocycles. The van der Waals surface area contributed by atoms with Crippen LogP contribution in [-0.4, -0.2) is 18.6 Å². The molecule has 1 N–H and O–H groups in total. The highest BCUT2D eigenvalue weighted by molar-refractivity contribution is 6.32. The third-order valence-corrected chi connectivity index (χ3v) is 4.54. The lowest BCUT2D eigenvalue weighted by molar-refractivity contribution is 0.0934. The largest absolute Gasteiger partial charge is 0.492 e. The normalized spacial score (nSPS) is 12.5. The number of hydrogen-bond donors (Lipinski definition) is 1. The van der Waals surface area contributed by atoms with Crippen molar-refractivity contribution < 1.29 is 9.53 Å². The smallest absolute Gasteiger partial charge is 0.251 e. The van der Waals surface area contributed by atoms with Crippen LogP contribution in [0.25, 0.3) is 0 Å². The molecular formula is C21H26ClNO2. The molecule has 2 rings (SSSR count). The van der Waals surface area contributed by atoms with Crippen molar-refractivity contribution in [3.8, 4) is 5.75 Å². The first kappa shape index (κ1) is 19.3. The molecule has 4 heteroatoms. The average molecular weight is 360 g/mol. The molecule has 0 aliphatic heterocycles. The van der Waals surface area contributed by atoms with Crippen LogP contribution < -0.4 is 10.1 Å². The van der Waals surface area contributed by atoms with Gasteiger partial charge in [0.1, 0.15) is 5.75 Å². The molecule has 0 spiro atoms. The number of carbonyl (C=O) groups is 1. The SMILES string of the molecule is CCOc1ccc(C(=O)NC(C)CC(C)(C)c2ccccc2)cc1Cl. The van der Waals surface area contributed by atoms with Crippen molar-refractivity contribution in [2.45, 2.75) is 45.6 Å². The van der Waals surface area contributed by atoms with Crippen LogP contribution in [0.5, 0.6) is 5.75 Å². The van der Waals surface area contributed by atoms with E-state index in [1.807, 2.05) is 32.0 Å². The first-order valence-electron chi connectivity index (χ1n) is 8.62. The van der Waals surface area contributed by atoms with E-state index in [4.69, 9.17) is 16.3 Å². The molecule has 0 aliphatic rings. The molecule has 0 heterocycles. The Bertz CT molecular complexity index is 713. The monoisotopic (exact) mass is 359 g/mol. The summed E-state index contributed by atoms with van der Waals surface area (Å²) in [4.78, 5) is 12.5. The number of carbonyl (C=O) groups excluding carboxylic acids is 1. The maximum atomic E-state index is 12.5. The van der Waals surface area contributed by atoms with Crippen LogP contribution in [0.4, 0.5) is 0 Å². The summed E-state index contributed by atoms with van der Waals surface area (Å²) in [6, 6.07) is 15.5. The van der Waals surface area contributed by atoms with Crippen LogP contribution in [0, 0.1) is 0 Å². The summed E-state index contributed by atoms with van der Waals surface area (Å²) in [5, 5.41) is 3.51. The highest BCUT2D eigenvalue weighted by atomic mass is 35.5. The van der Waals surface area contributed by atoms with Crippen molar-refractivity contribution in [1.29, 1.82) is 0 Å². The first-order valence-corrected chi connectivity index (χ1v) is 9.00. The van der Waals surface area contributed by atoms with E-state index < -0.39 is 0 Å². The fraction of sp³-hybridized carbons (Fsp3) is 0.381. The predicted octanol–water partition coefficient (Wildman–Crippen LogP) is 5.22. The fourth-order valence-electron chi connectivity index (χ4n) is 3.05. The molecule has 3 nitrogen and oxygen atoms in total. The molecule has 2 aromatic rings. The highest BCUT2D eigenvalue weighted by Crippen LogP contribution is 2.29. The zero-order valence-electron chi connectivity index (χ0n) is 15.3. The summed E-state index contributed by atoms with van der Waals surface area (Å²) in [5.41, 5.74) is 1.78. The third kappa shape index (κ3) is 5.23. The van der Waals surface area contributed by atoms with Crippen LogP contribution in [0.3, 0.4) is 0 Å². The van der Waals surface area contributed by atoms with Crippen molar-refractivity contribution in [3.05, 3.63) is 64.7 Å². The number of ether oxygens (including phenoxy) is 1. The highest BCUT2D eigenvalue weighted by Gasteiger charge is 2.24. The molecule has 0 saturated carbocycles. The Morgan fingerprint density at radius 3 is 2.48 bits per heavy atom. The van der Waals surface area contributed by atoms with Crippen molar-refractivity contribution >= 4 is 17.5 Å². The Kier molecular flexibility index (Phi) is 6.49. The van der Waals surface area contributed by atoms with Gasteiger partial charge >= 0.3 is 0 Å². The van der Waals surface area contributed by atoms with Crippen molar-refractivity contribution in [1.82, 2.24) is 5.32 Å². The van der Waals surface area contributed by atoms with Crippen molar-refractivity contribution in [2.24, 2.45) is 0 Å². The summed E-state index contributed by atoms with van der Waals surface area (Å²) >= 11 is 6.17. The molecule has 0 fully saturated rings. The zero-order chi connectivity index (χ0) is 18.4. The topological polar surface area (TPSA) is 38.3 Å². The maximum absolute atomic E-state index is 12.5. The number of nitrogens with one attached hydrogen (secondary N) is 1. The van der Waals surface area contributed by atoms with Crippen LogP contribution in [0.1, 0.15) is 50.0 Å². The molecule has 1 unspecified atom stereocenters. The number of halogens is 1. The summed E-state index contributed by atoms with van der Waals surface area (Å²) in [5.74, 6) is 0.472. The van der Waals surface area contributed by atoms with E-state index in [-0.39, 0.29) is 17.4 Å². The minimum atomic E-state index is -0.124. The Morgan fingerprint density at radius 2 is 1.88 bits per heavy atom. The van der Waals surface area contributed by atoms with E-state index in [0.29, 0.717) is 22.9 Å². The van der Waals surface area contributed by atoms with E-state index in [1.54, 1.807) is 18.2 Å². The van der Waals surface area contributed by atoms with E-state index in [9.17, 15) is 4.79 Å². The van der Waals surface area contributed by atoms with Crippen LogP contribution in [0.2, 0.25) is 5.02 Å². The number of rotatable bonds is 7. The van der Waals surface area contributed by atoms with Crippen molar-refractivity contribution in [3.63, 3.8) is 0 Å². The Balaban J connectivity index is 2.01. The Hall–Kier alpha value is -2.00. The van der Waals surface area contributed by atoms with E-state index in [0.717, 1.165) is 6.42 Å². The lowest BCUT2D eigenvalue weighted by Crippen LogP contribution is -2.37. The van der Waals surface area contributed by atoms with Gasteiger partial charge in [-0.25, -0.2) is 0 Å². The second kappa shape index (κ2) is 8.39. The van der Waals surface area contributed by atoms with Crippen LogP contribution >= 0.6 is 11.6 Å². The van der Waals surface area contributed by atoms with Gasteiger partial charge in [0.2, 0.25) is 0 Å². The van der Waals surface area contributed by atoms with Crippen LogP contribution in [0.15, 0.2) is 48.5 Å². The van der Waals surface area contributed by atoms with Gasteiger partial charge in [-0.15, -0.1) is 0 Å². The minimum absolute atomic E-state index is 0.0234. The Labute approximate surface area is 155 Å². The third-order valence-electron chi connectivity index (χ3n) is 4.24. The molecule has 1 amide bonds. The number of amides is 1. The second-order valence-corrected chi connectivity index (χ2v) is 7.31. The van der Waals surface area contributed by atoms with Crippen molar-refractivity contribution in [2.75, 3.05) is 6.61 Å². The summed E-state index contributed by atoms with van der Waals surface area (Å²) < 4.78 is 5.40. The number of benzene rings is 2. The van der Waals surface area contributed by atoms with Gasteiger partial charge in [-0.05, 0) is 49.4 Å².